The van der Waals surface area contributed by atoms with E-state index in [0.29, 0.717) is 11.3 Å². The van der Waals surface area contributed by atoms with Crippen LogP contribution >= 0.6 is 0 Å². The number of esters is 1. The Bertz CT molecular complexity index is 855. The van der Waals surface area contributed by atoms with Gasteiger partial charge in [-0.1, -0.05) is 12.1 Å². The Hall–Kier alpha value is -3.35. The fraction of sp³-hybridized carbons (Fsp3) is 0.250. The highest BCUT2D eigenvalue weighted by atomic mass is 16.6. The second-order valence-electron chi connectivity index (χ2n) is 6.74. The van der Waals surface area contributed by atoms with Crippen molar-refractivity contribution < 1.29 is 28.6 Å². The van der Waals surface area contributed by atoms with E-state index in [1.165, 1.54) is 18.2 Å². The minimum Gasteiger partial charge on any atom is -0.475 e. The van der Waals surface area contributed by atoms with Crippen LogP contribution in [0.4, 0.5) is 0 Å². The van der Waals surface area contributed by atoms with Gasteiger partial charge in [0.05, 0.1) is 6.54 Å². The molecule has 0 spiro atoms. The molecule has 2 aromatic rings. The topological polar surface area (TPSA) is 106 Å². The molecular formula is C20H21NO6. The summed E-state index contributed by atoms with van der Waals surface area (Å²) in [7, 11) is 0. The smallest absolute Gasteiger partial charge is 0.371 e. The van der Waals surface area contributed by atoms with E-state index in [1.807, 2.05) is 0 Å². The largest absolute Gasteiger partial charge is 0.475 e. The van der Waals surface area contributed by atoms with Crippen LogP contribution in [0.5, 0.6) is 0 Å². The maximum atomic E-state index is 12.1. The molecule has 27 heavy (non-hydrogen) atoms. The molecule has 1 aromatic heterocycles. The average molecular weight is 371 g/mol. The fourth-order valence-electron chi connectivity index (χ4n) is 2.10. The second-order valence-corrected chi connectivity index (χ2v) is 6.74. The average Bonchev–Trinajstić information content (AvgIpc) is 3.06. The number of aromatic carboxylic acids is 1. The van der Waals surface area contributed by atoms with Crippen LogP contribution < -0.4 is 5.32 Å². The molecule has 0 aliphatic heterocycles. The fourth-order valence-corrected chi connectivity index (χ4v) is 2.10. The predicted molar refractivity (Wildman–Crippen MR) is 98.2 cm³/mol. The van der Waals surface area contributed by atoms with Crippen LogP contribution in [0.1, 0.15) is 53.0 Å². The third-order valence-electron chi connectivity index (χ3n) is 3.29. The van der Waals surface area contributed by atoms with E-state index < -0.39 is 17.5 Å². The molecule has 2 N–H and O–H groups in total. The molecule has 0 aliphatic rings. The van der Waals surface area contributed by atoms with Crippen LogP contribution in [0, 0.1) is 0 Å². The number of carboxylic acids is 1. The normalized spacial score (nSPS) is 11.4. The number of carbonyl (C=O) groups is 3. The van der Waals surface area contributed by atoms with Crippen LogP contribution in [0.25, 0.3) is 6.08 Å². The highest BCUT2D eigenvalue weighted by Crippen LogP contribution is 2.11. The Morgan fingerprint density at radius 3 is 2.33 bits per heavy atom. The van der Waals surface area contributed by atoms with Gasteiger partial charge in [-0.05, 0) is 56.7 Å². The summed E-state index contributed by atoms with van der Waals surface area (Å²) in [4.78, 5) is 34.5. The lowest BCUT2D eigenvalue weighted by Crippen LogP contribution is -2.22. The molecule has 0 saturated carbocycles. The number of hydrogen-bond acceptors (Lipinski definition) is 5. The van der Waals surface area contributed by atoms with E-state index in [1.54, 1.807) is 51.1 Å². The summed E-state index contributed by atoms with van der Waals surface area (Å²) in [6, 6.07) is 9.46. The lowest BCUT2D eigenvalue weighted by molar-refractivity contribution is -0.148. The Labute approximate surface area is 156 Å². The highest BCUT2D eigenvalue weighted by Gasteiger charge is 2.14. The first-order valence-electron chi connectivity index (χ1n) is 8.25. The first-order chi connectivity index (χ1) is 12.6. The number of nitrogens with one attached hydrogen (secondary N) is 1. The van der Waals surface area contributed by atoms with E-state index in [4.69, 9.17) is 14.3 Å². The monoisotopic (exact) mass is 371 g/mol. The van der Waals surface area contributed by atoms with Crippen LogP contribution in [0.3, 0.4) is 0 Å². The van der Waals surface area contributed by atoms with E-state index in [2.05, 4.69) is 5.32 Å². The number of ether oxygens (including phenoxy) is 1. The molecule has 0 atom stereocenters. The molecule has 2 rings (SSSR count). The van der Waals surface area contributed by atoms with Crippen molar-refractivity contribution in [2.75, 3.05) is 0 Å². The molecule has 0 bridgehead atoms. The molecule has 1 aromatic carbocycles. The van der Waals surface area contributed by atoms with Gasteiger partial charge >= 0.3 is 11.9 Å². The number of carbonyl (C=O) groups excluding carboxylic acids is 2. The summed E-state index contributed by atoms with van der Waals surface area (Å²) in [6.45, 7) is 5.44. The molecule has 0 saturated heterocycles. The Morgan fingerprint density at radius 2 is 1.78 bits per heavy atom. The van der Waals surface area contributed by atoms with Gasteiger partial charge in [0.15, 0.2) is 0 Å². The maximum absolute atomic E-state index is 12.1. The quantitative estimate of drug-likeness (QED) is 0.596. The van der Waals surface area contributed by atoms with Gasteiger partial charge in [0.1, 0.15) is 11.4 Å². The van der Waals surface area contributed by atoms with E-state index in [0.717, 1.165) is 5.56 Å². The van der Waals surface area contributed by atoms with Crippen molar-refractivity contribution in [2.45, 2.75) is 32.9 Å². The summed E-state index contributed by atoms with van der Waals surface area (Å²) in [5.41, 5.74) is 0.617. The molecule has 1 heterocycles. The van der Waals surface area contributed by atoms with Crippen LogP contribution in [-0.4, -0.2) is 28.6 Å². The van der Waals surface area contributed by atoms with E-state index >= 15 is 0 Å². The predicted octanol–water partition coefficient (Wildman–Crippen LogP) is 3.26. The minimum absolute atomic E-state index is 0.0758. The molecular weight excluding hydrogens is 350 g/mol. The molecule has 7 nitrogen and oxygen atoms in total. The van der Waals surface area contributed by atoms with Crippen molar-refractivity contribution in [3.8, 4) is 0 Å². The number of furan rings is 1. The Kier molecular flexibility index (Phi) is 6.18. The lowest BCUT2D eigenvalue weighted by Gasteiger charge is -2.17. The molecule has 0 radical (unpaired) electrons. The minimum atomic E-state index is -1.16. The SMILES string of the molecule is CC(C)(C)OC(=O)C=Cc1ccc(C(=O)NCc2ccc(C(=O)O)o2)cc1. The lowest BCUT2D eigenvalue weighted by atomic mass is 10.1. The van der Waals surface area contributed by atoms with Gasteiger partial charge in [-0.15, -0.1) is 0 Å². The molecule has 0 unspecified atom stereocenters. The number of benzene rings is 1. The third-order valence-corrected chi connectivity index (χ3v) is 3.29. The number of rotatable bonds is 6. The highest BCUT2D eigenvalue weighted by molar-refractivity contribution is 5.94. The Balaban J connectivity index is 1.90. The summed E-state index contributed by atoms with van der Waals surface area (Å²) in [5.74, 6) is -1.77. The molecule has 7 heteroatoms. The second kappa shape index (κ2) is 8.35. The van der Waals surface area contributed by atoms with Gasteiger partial charge in [-0.2, -0.15) is 0 Å². The zero-order chi connectivity index (χ0) is 20.0. The van der Waals surface area contributed by atoms with E-state index in [-0.39, 0.29) is 18.2 Å². The van der Waals surface area contributed by atoms with Crippen LogP contribution in [0.15, 0.2) is 46.9 Å². The van der Waals surface area contributed by atoms with Gasteiger partial charge in [-0.25, -0.2) is 9.59 Å². The van der Waals surface area contributed by atoms with Crippen molar-refractivity contribution in [3.63, 3.8) is 0 Å². The van der Waals surface area contributed by atoms with Gasteiger partial charge < -0.3 is 19.6 Å². The van der Waals surface area contributed by atoms with Gasteiger partial charge in [0, 0.05) is 11.6 Å². The van der Waals surface area contributed by atoms with Crippen molar-refractivity contribution in [3.05, 3.63) is 65.1 Å². The molecule has 142 valence electrons. The van der Waals surface area contributed by atoms with Gasteiger partial charge in [-0.3, -0.25) is 4.79 Å². The Morgan fingerprint density at radius 1 is 1.11 bits per heavy atom. The summed E-state index contributed by atoms with van der Waals surface area (Å²) >= 11 is 0. The number of hydrogen-bond donors (Lipinski definition) is 2. The van der Waals surface area contributed by atoms with Crippen molar-refractivity contribution in [1.29, 1.82) is 0 Å². The van der Waals surface area contributed by atoms with Gasteiger partial charge in [0.2, 0.25) is 5.76 Å². The summed E-state index contributed by atoms with van der Waals surface area (Å²) in [6.07, 6.45) is 2.93. The number of amides is 1. The zero-order valence-corrected chi connectivity index (χ0v) is 15.3. The van der Waals surface area contributed by atoms with Crippen LogP contribution in [0.2, 0.25) is 0 Å². The zero-order valence-electron chi connectivity index (χ0n) is 15.3. The molecule has 0 fully saturated rings. The maximum Gasteiger partial charge on any atom is 0.371 e. The standard InChI is InChI=1S/C20H21NO6/c1-20(2,3)27-17(22)11-6-13-4-7-14(8-5-13)18(23)21-12-15-9-10-16(26-15)19(24)25/h4-11H,12H2,1-3H3,(H,21,23)(H,24,25). The summed E-state index contributed by atoms with van der Waals surface area (Å²) < 4.78 is 10.2. The van der Waals surface area contributed by atoms with Crippen molar-refractivity contribution in [2.24, 2.45) is 0 Å². The summed E-state index contributed by atoms with van der Waals surface area (Å²) in [5, 5.41) is 11.4. The van der Waals surface area contributed by atoms with E-state index in [9.17, 15) is 14.4 Å². The van der Waals surface area contributed by atoms with Crippen LogP contribution in [-0.2, 0) is 16.1 Å². The number of carboxylic acid groups (broad SMARTS) is 1. The molecule has 1 amide bonds. The van der Waals surface area contributed by atoms with Crippen molar-refractivity contribution in [1.82, 2.24) is 5.32 Å². The van der Waals surface area contributed by atoms with Crippen molar-refractivity contribution >= 4 is 23.9 Å². The third kappa shape index (κ3) is 6.47. The molecule has 0 aliphatic carbocycles. The first-order valence-corrected chi connectivity index (χ1v) is 8.25. The van der Waals surface area contributed by atoms with Gasteiger partial charge in [0.25, 0.3) is 5.91 Å². The first kappa shape index (κ1) is 20.0.